The predicted molar refractivity (Wildman–Crippen MR) is 87.5 cm³/mol. The van der Waals surface area contributed by atoms with Gasteiger partial charge in [-0.2, -0.15) is 5.26 Å². The van der Waals surface area contributed by atoms with E-state index in [9.17, 15) is 18.9 Å². The topological polar surface area (TPSA) is 111 Å². The van der Waals surface area contributed by atoms with E-state index in [1.807, 2.05) is 0 Å². The van der Waals surface area contributed by atoms with Gasteiger partial charge in [0, 0.05) is 18.5 Å². The summed E-state index contributed by atoms with van der Waals surface area (Å²) < 4.78 is 36.6. The molecule has 3 rings (SSSR count). The second kappa shape index (κ2) is 7.49. The fraction of sp³-hybridized carbons (Fsp3) is 0.353. The number of halogens is 2. The zero-order chi connectivity index (χ0) is 19.6. The molecule has 1 aliphatic carbocycles. The quantitative estimate of drug-likeness (QED) is 0.532. The highest BCUT2D eigenvalue weighted by Gasteiger charge is 2.28. The maximum Gasteiger partial charge on any atom is 0.291 e. The number of nitro benzene ring substituents is 1. The van der Waals surface area contributed by atoms with Gasteiger partial charge in [-0.3, -0.25) is 10.1 Å². The maximum atomic E-state index is 12.6. The van der Waals surface area contributed by atoms with Crippen LogP contribution in [0, 0.1) is 21.4 Å². The molecule has 1 saturated carbocycles. The van der Waals surface area contributed by atoms with Gasteiger partial charge in [0.15, 0.2) is 23.4 Å². The van der Waals surface area contributed by atoms with Crippen molar-refractivity contribution in [1.29, 1.82) is 5.26 Å². The highest BCUT2D eigenvalue weighted by molar-refractivity contribution is 5.59. The van der Waals surface area contributed by atoms with E-state index in [0.29, 0.717) is 0 Å². The van der Waals surface area contributed by atoms with Crippen molar-refractivity contribution in [3.8, 4) is 17.6 Å². The lowest BCUT2D eigenvalue weighted by Gasteiger charge is -2.17. The number of hydrogen-bond donors (Lipinski definition) is 0. The summed E-state index contributed by atoms with van der Waals surface area (Å²) in [6.07, 6.45) is 0.155. The fourth-order valence-corrected chi connectivity index (χ4v) is 2.25. The molecule has 2 aromatic rings. The first kappa shape index (κ1) is 18.4. The summed E-state index contributed by atoms with van der Waals surface area (Å²) in [4.78, 5) is 18.2. The van der Waals surface area contributed by atoms with E-state index in [1.165, 1.54) is 6.07 Å². The van der Waals surface area contributed by atoms with Crippen LogP contribution >= 0.6 is 0 Å². The SMILES string of the molecule is CC(Oc1cc(C#N)c([N+](=O)[O-])cc1OC1CC1)c1ncc(C(F)F)cn1. The maximum absolute atomic E-state index is 12.6. The van der Waals surface area contributed by atoms with E-state index in [4.69, 9.17) is 14.7 Å². The van der Waals surface area contributed by atoms with Crippen molar-refractivity contribution >= 4 is 5.69 Å². The van der Waals surface area contributed by atoms with Gasteiger partial charge in [0.1, 0.15) is 11.6 Å². The van der Waals surface area contributed by atoms with Crippen molar-refractivity contribution in [2.24, 2.45) is 0 Å². The molecule has 140 valence electrons. The van der Waals surface area contributed by atoms with Crippen LogP contribution in [0.2, 0.25) is 0 Å². The molecular weight excluding hydrogens is 362 g/mol. The Kier molecular flexibility index (Phi) is 5.12. The summed E-state index contributed by atoms with van der Waals surface area (Å²) in [7, 11) is 0. The van der Waals surface area contributed by atoms with Crippen LogP contribution in [0.25, 0.3) is 0 Å². The predicted octanol–water partition coefficient (Wildman–Crippen LogP) is 3.88. The molecule has 1 aliphatic rings. The van der Waals surface area contributed by atoms with Gasteiger partial charge in [-0.05, 0) is 19.8 Å². The average molecular weight is 376 g/mol. The van der Waals surface area contributed by atoms with Crippen LogP contribution in [0.5, 0.6) is 11.5 Å². The van der Waals surface area contributed by atoms with Gasteiger partial charge in [-0.15, -0.1) is 0 Å². The molecule has 10 heteroatoms. The largest absolute Gasteiger partial charge is 0.486 e. The van der Waals surface area contributed by atoms with Crippen LogP contribution in [0.3, 0.4) is 0 Å². The summed E-state index contributed by atoms with van der Waals surface area (Å²) in [5, 5.41) is 20.3. The van der Waals surface area contributed by atoms with Crippen molar-refractivity contribution in [3.63, 3.8) is 0 Å². The van der Waals surface area contributed by atoms with E-state index < -0.39 is 17.5 Å². The van der Waals surface area contributed by atoms with Gasteiger partial charge in [0.05, 0.1) is 22.7 Å². The number of alkyl halides is 2. The Morgan fingerprint density at radius 1 is 1.30 bits per heavy atom. The lowest BCUT2D eigenvalue weighted by molar-refractivity contribution is -0.385. The lowest BCUT2D eigenvalue weighted by Crippen LogP contribution is -2.10. The van der Waals surface area contributed by atoms with E-state index in [2.05, 4.69) is 9.97 Å². The van der Waals surface area contributed by atoms with E-state index in [-0.39, 0.29) is 40.2 Å². The molecule has 0 saturated heterocycles. The van der Waals surface area contributed by atoms with Crippen LogP contribution in [-0.2, 0) is 0 Å². The highest BCUT2D eigenvalue weighted by Crippen LogP contribution is 2.39. The number of nitriles is 1. The van der Waals surface area contributed by atoms with E-state index in [0.717, 1.165) is 31.3 Å². The van der Waals surface area contributed by atoms with Crippen LogP contribution in [-0.4, -0.2) is 21.0 Å². The molecule has 0 amide bonds. The lowest BCUT2D eigenvalue weighted by atomic mass is 10.1. The third-order valence-corrected chi connectivity index (χ3v) is 3.81. The number of ether oxygens (including phenoxy) is 2. The number of nitro groups is 1. The van der Waals surface area contributed by atoms with E-state index in [1.54, 1.807) is 13.0 Å². The summed E-state index contributed by atoms with van der Waals surface area (Å²) in [6.45, 7) is 1.59. The first-order valence-corrected chi connectivity index (χ1v) is 8.05. The fourth-order valence-electron chi connectivity index (χ4n) is 2.25. The summed E-state index contributed by atoms with van der Waals surface area (Å²) in [6, 6.07) is 4.13. The Balaban J connectivity index is 1.89. The molecule has 1 aromatic heterocycles. The van der Waals surface area contributed by atoms with Crippen molar-refractivity contribution in [2.45, 2.75) is 38.4 Å². The third-order valence-electron chi connectivity index (χ3n) is 3.81. The van der Waals surface area contributed by atoms with Crippen LogP contribution in [0.1, 0.15) is 49.2 Å². The Morgan fingerprint density at radius 3 is 2.48 bits per heavy atom. The molecule has 0 radical (unpaired) electrons. The summed E-state index contributed by atoms with van der Waals surface area (Å²) in [5.41, 5.74) is -0.879. The molecule has 1 atom stereocenters. The Hall–Kier alpha value is -3.35. The first-order valence-electron chi connectivity index (χ1n) is 8.05. The second-order valence-electron chi connectivity index (χ2n) is 5.94. The smallest absolute Gasteiger partial charge is 0.291 e. The normalized spacial score (nSPS) is 14.5. The average Bonchev–Trinajstić information content (AvgIpc) is 3.46. The van der Waals surface area contributed by atoms with Crippen molar-refractivity contribution in [1.82, 2.24) is 9.97 Å². The Labute approximate surface area is 152 Å². The number of hydrogen-bond acceptors (Lipinski definition) is 7. The Bertz CT molecular complexity index is 895. The third kappa shape index (κ3) is 4.25. The molecule has 0 aliphatic heterocycles. The minimum atomic E-state index is -2.68. The van der Waals surface area contributed by atoms with Gasteiger partial charge >= 0.3 is 0 Å². The molecule has 1 fully saturated rings. The molecule has 8 nitrogen and oxygen atoms in total. The van der Waals surface area contributed by atoms with Crippen molar-refractivity contribution in [2.75, 3.05) is 0 Å². The molecular formula is C17H14F2N4O4. The molecule has 27 heavy (non-hydrogen) atoms. The Morgan fingerprint density at radius 2 is 1.96 bits per heavy atom. The first-order chi connectivity index (χ1) is 12.9. The monoisotopic (exact) mass is 376 g/mol. The molecule has 1 heterocycles. The standard InChI is InChI=1S/C17H14F2N4O4/c1-9(17-21-7-11(8-22-17)16(18)19)26-14-4-10(6-20)13(23(24)25)5-15(14)27-12-2-3-12/h4-5,7-9,12,16H,2-3H2,1H3. The summed E-state index contributed by atoms with van der Waals surface area (Å²) in [5.74, 6) is 0.408. The van der Waals surface area contributed by atoms with E-state index >= 15 is 0 Å². The van der Waals surface area contributed by atoms with Gasteiger partial charge in [-0.25, -0.2) is 18.7 Å². The van der Waals surface area contributed by atoms with Gasteiger partial charge in [0.25, 0.3) is 12.1 Å². The number of rotatable bonds is 7. The summed E-state index contributed by atoms with van der Waals surface area (Å²) >= 11 is 0. The van der Waals surface area contributed by atoms with Gasteiger partial charge < -0.3 is 9.47 Å². The molecule has 0 N–H and O–H groups in total. The van der Waals surface area contributed by atoms with Crippen LogP contribution < -0.4 is 9.47 Å². The second-order valence-corrected chi connectivity index (χ2v) is 5.94. The molecule has 1 aromatic carbocycles. The molecule has 1 unspecified atom stereocenters. The zero-order valence-corrected chi connectivity index (χ0v) is 14.1. The number of aromatic nitrogens is 2. The van der Waals surface area contributed by atoms with Gasteiger partial charge in [0.2, 0.25) is 0 Å². The van der Waals surface area contributed by atoms with Crippen LogP contribution in [0.15, 0.2) is 24.5 Å². The van der Waals surface area contributed by atoms with Crippen molar-refractivity contribution in [3.05, 3.63) is 51.6 Å². The van der Waals surface area contributed by atoms with Crippen molar-refractivity contribution < 1.29 is 23.2 Å². The highest BCUT2D eigenvalue weighted by atomic mass is 19.3. The minimum absolute atomic E-state index is 0.0585. The van der Waals surface area contributed by atoms with Gasteiger partial charge in [-0.1, -0.05) is 0 Å². The molecule has 0 bridgehead atoms. The number of nitrogens with zero attached hydrogens (tertiary/aromatic N) is 4. The zero-order valence-electron chi connectivity index (χ0n) is 14.1. The minimum Gasteiger partial charge on any atom is -0.486 e. The number of benzene rings is 1. The van der Waals surface area contributed by atoms with Crippen LogP contribution in [0.4, 0.5) is 14.5 Å². The molecule has 0 spiro atoms.